The van der Waals surface area contributed by atoms with Crippen LogP contribution in [0, 0.1) is 0 Å². The maximum atomic E-state index is 6.82. The van der Waals surface area contributed by atoms with Crippen LogP contribution in [0.3, 0.4) is 0 Å². The fraction of sp³-hybridized carbons (Fsp3) is 0.440. The van der Waals surface area contributed by atoms with Crippen molar-refractivity contribution in [2.45, 2.75) is 63.8 Å². The van der Waals surface area contributed by atoms with E-state index in [2.05, 4.69) is 61.5 Å². The van der Waals surface area contributed by atoms with Gasteiger partial charge >= 0.3 is 6.92 Å². The number of hydrogen-bond donors (Lipinski definition) is 0. The lowest BCUT2D eigenvalue weighted by Crippen LogP contribution is -2.28. The van der Waals surface area contributed by atoms with Gasteiger partial charge in [-0.1, -0.05) is 75.1 Å². The molecule has 0 amide bonds. The molecule has 2 saturated heterocycles. The van der Waals surface area contributed by atoms with E-state index < -0.39 is 0 Å². The van der Waals surface area contributed by atoms with E-state index in [1.807, 2.05) is 0 Å². The zero-order valence-electron chi connectivity index (χ0n) is 17.2. The van der Waals surface area contributed by atoms with Gasteiger partial charge in [-0.15, -0.1) is 0 Å². The van der Waals surface area contributed by atoms with E-state index in [9.17, 15) is 0 Å². The minimum absolute atomic E-state index is 0.203. The van der Waals surface area contributed by atoms with Crippen molar-refractivity contribution in [3.05, 3.63) is 65.7 Å². The van der Waals surface area contributed by atoms with Crippen molar-refractivity contribution in [1.29, 1.82) is 0 Å². The molecule has 0 aromatic heterocycles. The summed E-state index contributed by atoms with van der Waals surface area (Å²) < 4.78 is 12.2. The van der Waals surface area contributed by atoms with Gasteiger partial charge in [0.25, 0.3) is 0 Å². The second-order valence-electron chi connectivity index (χ2n) is 8.14. The van der Waals surface area contributed by atoms with E-state index in [-0.39, 0.29) is 6.92 Å². The Morgan fingerprint density at radius 3 is 2.21 bits per heavy atom. The van der Waals surface area contributed by atoms with E-state index in [0.717, 1.165) is 12.2 Å². The molecular weight excluding hydrogens is 343 g/mol. The van der Waals surface area contributed by atoms with Crippen LogP contribution >= 0.6 is 0 Å². The summed E-state index contributed by atoms with van der Waals surface area (Å²) in [6, 6.07) is 19.5. The minimum atomic E-state index is 0.203. The molecule has 2 aromatic rings. The summed E-state index contributed by atoms with van der Waals surface area (Å²) in [6.07, 6.45) is 9.04. The molecule has 0 unspecified atom stereocenters. The molecule has 4 rings (SSSR count). The lowest BCUT2D eigenvalue weighted by Gasteiger charge is -2.27. The highest BCUT2D eigenvalue weighted by molar-refractivity contribution is 6.77. The molecule has 2 aliphatic heterocycles. The Morgan fingerprint density at radius 2 is 1.61 bits per heavy atom. The van der Waals surface area contributed by atoms with Gasteiger partial charge in [0.1, 0.15) is 5.75 Å². The second-order valence-corrected chi connectivity index (χ2v) is 8.14. The van der Waals surface area contributed by atoms with E-state index in [0.29, 0.717) is 11.9 Å². The average Bonchev–Trinajstić information content (AvgIpc) is 3.05. The number of allylic oxidation sites excluding steroid dienone is 1. The smallest absolute Gasteiger partial charge is 0.331 e. The Kier molecular flexibility index (Phi) is 6.21. The molecule has 0 atom stereocenters. The van der Waals surface area contributed by atoms with Gasteiger partial charge < -0.3 is 9.39 Å². The van der Waals surface area contributed by atoms with E-state index >= 15 is 0 Å². The SMILES string of the molecule is CC/C(=C(\B1OC2CCCC1CCC2)c1ccccc1)c1ccc(OC)cc1. The van der Waals surface area contributed by atoms with Crippen LogP contribution in [0.25, 0.3) is 11.0 Å². The maximum Gasteiger partial charge on any atom is 0.331 e. The Balaban J connectivity index is 1.85. The van der Waals surface area contributed by atoms with Crippen LogP contribution < -0.4 is 4.74 Å². The predicted molar refractivity (Wildman–Crippen MR) is 119 cm³/mol. The van der Waals surface area contributed by atoms with Crippen molar-refractivity contribution in [2.24, 2.45) is 0 Å². The largest absolute Gasteiger partial charge is 0.497 e. The molecule has 2 bridgehead atoms. The fourth-order valence-electron chi connectivity index (χ4n) is 5.04. The normalized spacial score (nSPS) is 23.0. The third-order valence-electron chi connectivity index (χ3n) is 6.46. The minimum Gasteiger partial charge on any atom is -0.497 e. The van der Waals surface area contributed by atoms with E-state index in [1.54, 1.807) is 7.11 Å². The summed E-state index contributed by atoms with van der Waals surface area (Å²) in [7, 11) is 1.72. The number of hydrogen-bond acceptors (Lipinski definition) is 2. The highest BCUT2D eigenvalue weighted by Crippen LogP contribution is 2.44. The van der Waals surface area contributed by atoms with Gasteiger partial charge in [-0.05, 0) is 59.4 Å². The van der Waals surface area contributed by atoms with Crippen LogP contribution in [0.2, 0.25) is 5.82 Å². The standard InChI is InChI=1S/C25H31BO2/c1-3-24(19-15-17-22(27-2)18-16-19)25(20-9-5-4-6-10-20)26-21-11-7-13-23(28-26)14-8-12-21/h4-6,9-10,15-18,21,23H,3,7-8,11-14H2,1-2H3/b25-24+. The average molecular weight is 374 g/mol. The number of benzene rings is 2. The fourth-order valence-corrected chi connectivity index (χ4v) is 5.04. The summed E-state index contributed by atoms with van der Waals surface area (Å²) in [5.74, 6) is 1.53. The van der Waals surface area contributed by atoms with Crippen LogP contribution in [0.5, 0.6) is 5.75 Å². The van der Waals surface area contributed by atoms with Crippen molar-refractivity contribution in [1.82, 2.24) is 0 Å². The summed E-state index contributed by atoms with van der Waals surface area (Å²) >= 11 is 0. The Hall–Kier alpha value is -2.00. The maximum absolute atomic E-state index is 6.82. The first-order valence-corrected chi connectivity index (χ1v) is 10.9. The molecule has 0 radical (unpaired) electrons. The molecule has 0 saturated carbocycles. The van der Waals surface area contributed by atoms with Gasteiger partial charge in [-0.25, -0.2) is 0 Å². The third kappa shape index (κ3) is 4.05. The molecule has 2 heterocycles. The first kappa shape index (κ1) is 19.3. The van der Waals surface area contributed by atoms with Gasteiger partial charge in [-0.2, -0.15) is 0 Å². The van der Waals surface area contributed by atoms with Gasteiger partial charge in [0.05, 0.1) is 7.11 Å². The molecule has 2 aliphatic rings. The van der Waals surface area contributed by atoms with Crippen LogP contribution in [0.4, 0.5) is 0 Å². The predicted octanol–water partition coefficient (Wildman–Crippen LogP) is 6.67. The molecule has 0 spiro atoms. The topological polar surface area (TPSA) is 18.5 Å². The van der Waals surface area contributed by atoms with Crippen molar-refractivity contribution >= 4 is 18.0 Å². The molecule has 2 aromatic carbocycles. The van der Waals surface area contributed by atoms with Gasteiger partial charge in [-0.3, -0.25) is 0 Å². The first-order valence-electron chi connectivity index (χ1n) is 10.9. The molecule has 2 fully saturated rings. The lowest BCUT2D eigenvalue weighted by molar-refractivity contribution is 0.191. The lowest BCUT2D eigenvalue weighted by atomic mass is 9.46. The van der Waals surface area contributed by atoms with Crippen LogP contribution in [0.1, 0.15) is 63.0 Å². The van der Waals surface area contributed by atoms with Gasteiger partial charge in [0, 0.05) is 6.10 Å². The third-order valence-corrected chi connectivity index (χ3v) is 6.46. The monoisotopic (exact) mass is 374 g/mol. The van der Waals surface area contributed by atoms with Gasteiger partial charge in [0.2, 0.25) is 0 Å². The second kappa shape index (κ2) is 9.00. The number of fused-ring (bicyclic) bond motifs is 3. The van der Waals surface area contributed by atoms with Crippen molar-refractivity contribution in [3.63, 3.8) is 0 Å². The van der Waals surface area contributed by atoms with Crippen LogP contribution in [-0.4, -0.2) is 20.1 Å². The Morgan fingerprint density at radius 1 is 0.929 bits per heavy atom. The van der Waals surface area contributed by atoms with Crippen molar-refractivity contribution < 1.29 is 9.39 Å². The number of ether oxygens (including phenoxy) is 1. The molecule has 28 heavy (non-hydrogen) atoms. The van der Waals surface area contributed by atoms with Crippen LogP contribution in [-0.2, 0) is 4.65 Å². The highest BCUT2D eigenvalue weighted by Gasteiger charge is 2.39. The highest BCUT2D eigenvalue weighted by atomic mass is 16.5. The first-order chi connectivity index (χ1) is 13.8. The summed E-state index contributed by atoms with van der Waals surface area (Å²) in [6.45, 7) is 2.47. The summed E-state index contributed by atoms with van der Waals surface area (Å²) in [5.41, 5.74) is 5.41. The Labute approximate surface area is 170 Å². The molecule has 0 aliphatic carbocycles. The molecular formula is C25H31BO2. The molecule has 0 N–H and O–H groups in total. The number of methoxy groups -OCH3 is 1. The summed E-state index contributed by atoms with van der Waals surface area (Å²) in [5, 5.41) is 0. The zero-order chi connectivity index (χ0) is 19.3. The molecule has 2 nitrogen and oxygen atoms in total. The quantitative estimate of drug-likeness (QED) is 0.430. The van der Waals surface area contributed by atoms with E-state index in [1.165, 1.54) is 60.7 Å². The Bertz CT molecular complexity index is 787. The van der Waals surface area contributed by atoms with E-state index in [4.69, 9.17) is 9.39 Å². The zero-order valence-corrected chi connectivity index (χ0v) is 17.2. The molecule has 146 valence electrons. The van der Waals surface area contributed by atoms with Crippen molar-refractivity contribution in [2.75, 3.05) is 7.11 Å². The van der Waals surface area contributed by atoms with Gasteiger partial charge in [0.15, 0.2) is 0 Å². The van der Waals surface area contributed by atoms with Crippen LogP contribution in [0.15, 0.2) is 54.6 Å². The number of rotatable bonds is 5. The molecule has 3 heteroatoms. The van der Waals surface area contributed by atoms with Crippen molar-refractivity contribution in [3.8, 4) is 5.75 Å². The summed E-state index contributed by atoms with van der Waals surface area (Å²) in [4.78, 5) is 0.